The zero-order valence-electron chi connectivity index (χ0n) is 9.83. The van der Waals surface area contributed by atoms with Gasteiger partial charge in [-0.3, -0.25) is 0 Å². The number of nitrogens with zero attached hydrogens (tertiary/aromatic N) is 2. The SMILES string of the molecule is Cc1cnc(CCNc2cc(C)c(Br)cn2)s1. The van der Waals surface area contributed by atoms with Gasteiger partial charge < -0.3 is 5.32 Å². The van der Waals surface area contributed by atoms with Crippen LogP contribution in [0.1, 0.15) is 15.4 Å². The molecule has 0 amide bonds. The van der Waals surface area contributed by atoms with Crippen LogP contribution in [0.2, 0.25) is 0 Å². The molecule has 0 aliphatic heterocycles. The highest BCUT2D eigenvalue weighted by molar-refractivity contribution is 9.10. The van der Waals surface area contributed by atoms with Crippen LogP contribution in [-0.4, -0.2) is 16.5 Å². The minimum Gasteiger partial charge on any atom is -0.370 e. The molecule has 90 valence electrons. The molecule has 1 N–H and O–H groups in total. The summed E-state index contributed by atoms with van der Waals surface area (Å²) in [7, 11) is 0. The fourth-order valence-electron chi connectivity index (χ4n) is 1.45. The summed E-state index contributed by atoms with van der Waals surface area (Å²) in [4.78, 5) is 9.89. The average Bonchev–Trinajstić information content (AvgIpc) is 2.70. The molecule has 0 saturated heterocycles. The van der Waals surface area contributed by atoms with Crippen LogP contribution < -0.4 is 5.32 Å². The van der Waals surface area contributed by atoms with Crippen LogP contribution in [0.5, 0.6) is 0 Å². The summed E-state index contributed by atoms with van der Waals surface area (Å²) in [6.07, 6.45) is 4.68. The number of aryl methyl sites for hydroxylation is 2. The first-order valence-corrected chi connectivity index (χ1v) is 7.03. The summed E-state index contributed by atoms with van der Waals surface area (Å²) in [5.74, 6) is 0.916. The number of pyridine rings is 1. The van der Waals surface area contributed by atoms with E-state index in [1.54, 1.807) is 11.3 Å². The van der Waals surface area contributed by atoms with Crippen molar-refractivity contribution in [1.82, 2.24) is 9.97 Å². The number of hydrogen-bond donors (Lipinski definition) is 1. The van der Waals surface area contributed by atoms with Gasteiger partial charge in [0.1, 0.15) is 5.82 Å². The van der Waals surface area contributed by atoms with E-state index in [0.717, 1.165) is 23.3 Å². The lowest BCUT2D eigenvalue weighted by Crippen LogP contribution is -2.06. The van der Waals surface area contributed by atoms with Crippen LogP contribution in [0.3, 0.4) is 0 Å². The lowest BCUT2D eigenvalue weighted by Gasteiger charge is -2.05. The van der Waals surface area contributed by atoms with Crippen molar-refractivity contribution in [3.8, 4) is 0 Å². The molecule has 0 bridgehead atoms. The van der Waals surface area contributed by atoms with E-state index in [0.29, 0.717) is 0 Å². The summed E-state index contributed by atoms with van der Waals surface area (Å²) < 4.78 is 1.04. The van der Waals surface area contributed by atoms with Crippen LogP contribution in [0.15, 0.2) is 22.9 Å². The van der Waals surface area contributed by atoms with E-state index in [4.69, 9.17) is 0 Å². The minimum absolute atomic E-state index is 0.862. The van der Waals surface area contributed by atoms with E-state index in [-0.39, 0.29) is 0 Å². The molecule has 5 heteroatoms. The number of nitrogens with one attached hydrogen (secondary N) is 1. The number of rotatable bonds is 4. The Balaban J connectivity index is 1.87. The molecule has 2 rings (SSSR count). The third-order valence-electron chi connectivity index (χ3n) is 2.36. The molecule has 2 heterocycles. The van der Waals surface area contributed by atoms with E-state index < -0.39 is 0 Å². The van der Waals surface area contributed by atoms with Crippen molar-refractivity contribution < 1.29 is 0 Å². The molecule has 3 nitrogen and oxygen atoms in total. The lowest BCUT2D eigenvalue weighted by atomic mass is 10.3. The van der Waals surface area contributed by atoms with E-state index in [1.807, 2.05) is 18.5 Å². The summed E-state index contributed by atoms with van der Waals surface area (Å²) in [6, 6.07) is 2.04. The van der Waals surface area contributed by atoms with Gasteiger partial charge in [0, 0.05) is 34.7 Å². The Morgan fingerprint density at radius 3 is 2.76 bits per heavy atom. The molecule has 17 heavy (non-hydrogen) atoms. The van der Waals surface area contributed by atoms with Crippen molar-refractivity contribution in [2.24, 2.45) is 0 Å². The van der Waals surface area contributed by atoms with Gasteiger partial charge in [-0.25, -0.2) is 9.97 Å². The molecule has 0 atom stereocenters. The quantitative estimate of drug-likeness (QED) is 0.938. The smallest absolute Gasteiger partial charge is 0.126 e. The lowest BCUT2D eigenvalue weighted by molar-refractivity contribution is 0.985. The zero-order valence-corrected chi connectivity index (χ0v) is 12.2. The minimum atomic E-state index is 0.862. The molecular weight excluding hydrogens is 298 g/mol. The number of hydrogen-bond acceptors (Lipinski definition) is 4. The molecule has 0 aromatic carbocycles. The first-order valence-electron chi connectivity index (χ1n) is 5.42. The second kappa shape index (κ2) is 5.60. The largest absolute Gasteiger partial charge is 0.370 e. The van der Waals surface area contributed by atoms with Gasteiger partial charge in [0.05, 0.1) is 5.01 Å². The van der Waals surface area contributed by atoms with Crippen molar-refractivity contribution in [2.45, 2.75) is 20.3 Å². The topological polar surface area (TPSA) is 37.8 Å². The monoisotopic (exact) mass is 311 g/mol. The molecule has 0 radical (unpaired) electrons. The van der Waals surface area contributed by atoms with Gasteiger partial charge >= 0.3 is 0 Å². The normalized spacial score (nSPS) is 10.5. The van der Waals surface area contributed by atoms with Gasteiger partial charge in [-0.05, 0) is 41.4 Å². The van der Waals surface area contributed by atoms with E-state index in [2.05, 4.69) is 45.1 Å². The Morgan fingerprint density at radius 2 is 2.12 bits per heavy atom. The molecule has 2 aromatic heterocycles. The Kier molecular flexibility index (Phi) is 4.12. The molecule has 0 fully saturated rings. The predicted octanol–water partition coefficient (Wildman–Crippen LogP) is 3.57. The highest BCUT2D eigenvalue weighted by atomic mass is 79.9. The van der Waals surface area contributed by atoms with Crippen LogP contribution in [0, 0.1) is 13.8 Å². The summed E-state index contributed by atoms with van der Waals surface area (Å²) >= 11 is 5.19. The van der Waals surface area contributed by atoms with Crippen LogP contribution in [0.25, 0.3) is 0 Å². The number of aromatic nitrogens is 2. The van der Waals surface area contributed by atoms with E-state index in [1.165, 1.54) is 15.4 Å². The average molecular weight is 312 g/mol. The first-order chi connectivity index (χ1) is 8.15. The second-order valence-corrected chi connectivity index (χ2v) is 6.03. The summed E-state index contributed by atoms with van der Waals surface area (Å²) in [6.45, 7) is 5.00. The summed E-state index contributed by atoms with van der Waals surface area (Å²) in [5.41, 5.74) is 1.19. The third kappa shape index (κ3) is 3.51. The van der Waals surface area contributed by atoms with Crippen molar-refractivity contribution >= 4 is 33.1 Å². The number of halogens is 1. The molecule has 2 aromatic rings. The Morgan fingerprint density at radius 1 is 1.29 bits per heavy atom. The second-order valence-electron chi connectivity index (χ2n) is 3.86. The van der Waals surface area contributed by atoms with Crippen molar-refractivity contribution in [1.29, 1.82) is 0 Å². The highest BCUT2D eigenvalue weighted by Gasteiger charge is 2.00. The Hall–Kier alpha value is -0.940. The van der Waals surface area contributed by atoms with Crippen LogP contribution in [0.4, 0.5) is 5.82 Å². The Labute approximate surface area is 113 Å². The first kappa shape index (κ1) is 12.5. The van der Waals surface area contributed by atoms with Gasteiger partial charge in [-0.15, -0.1) is 11.3 Å². The molecule has 0 aliphatic carbocycles. The van der Waals surface area contributed by atoms with E-state index in [9.17, 15) is 0 Å². The van der Waals surface area contributed by atoms with Crippen molar-refractivity contribution in [2.75, 3.05) is 11.9 Å². The van der Waals surface area contributed by atoms with Gasteiger partial charge in [-0.1, -0.05) is 0 Å². The maximum atomic E-state index is 4.33. The fourth-order valence-corrected chi connectivity index (χ4v) is 2.45. The van der Waals surface area contributed by atoms with Crippen LogP contribution >= 0.6 is 27.3 Å². The number of thiazole rings is 1. The van der Waals surface area contributed by atoms with Gasteiger partial charge in [0.2, 0.25) is 0 Å². The van der Waals surface area contributed by atoms with Gasteiger partial charge in [0.15, 0.2) is 0 Å². The number of anilines is 1. The maximum Gasteiger partial charge on any atom is 0.126 e. The molecule has 0 saturated carbocycles. The van der Waals surface area contributed by atoms with Crippen molar-refractivity contribution in [3.63, 3.8) is 0 Å². The standard InChI is InChI=1S/C12H14BrN3S/c1-8-5-11(15-7-10(8)13)14-4-3-12-16-6-9(2)17-12/h5-7H,3-4H2,1-2H3,(H,14,15). The summed E-state index contributed by atoms with van der Waals surface area (Å²) in [5, 5.41) is 4.48. The fraction of sp³-hybridized carbons (Fsp3) is 0.333. The van der Waals surface area contributed by atoms with Gasteiger partial charge in [-0.2, -0.15) is 0 Å². The Bertz CT molecular complexity index is 510. The molecule has 0 aliphatic rings. The zero-order chi connectivity index (χ0) is 12.3. The maximum absolute atomic E-state index is 4.33. The highest BCUT2D eigenvalue weighted by Crippen LogP contribution is 2.17. The van der Waals surface area contributed by atoms with E-state index >= 15 is 0 Å². The molecule has 0 unspecified atom stereocenters. The third-order valence-corrected chi connectivity index (χ3v) is 4.16. The van der Waals surface area contributed by atoms with Gasteiger partial charge in [0.25, 0.3) is 0 Å². The van der Waals surface area contributed by atoms with Crippen LogP contribution in [-0.2, 0) is 6.42 Å². The van der Waals surface area contributed by atoms with Crippen molar-refractivity contribution in [3.05, 3.63) is 38.4 Å². The predicted molar refractivity (Wildman–Crippen MR) is 75.7 cm³/mol. The molecule has 0 spiro atoms. The molecular formula is C12H14BrN3S.